The Morgan fingerprint density at radius 3 is 2.44 bits per heavy atom. The predicted molar refractivity (Wildman–Crippen MR) is 104 cm³/mol. The number of carbonyl (C=O) groups excluding carboxylic acids is 2. The van der Waals surface area contributed by atoms with E-state index in [0.717, 1.165) is 18.4 Å². The fraction of sp³-hybridized carbons (Fsp3) is 0.450. The minimum Gasteiger partial charge on any atom is -0.392 e. The quantitative estimate of drug-likeness (QED) is 0.698. The molecule has 7 heteroatoms. The van der Waals surface area contributed by atoms with E-state index < -0.39 is 0 Å². The van der Waals surface area contributed by atoms with Gasteiger partial charge in [-0.2, -0.15) is 5.10 Å². The first-order valence-electron chi connectivity index (χ1n) is 9.28. The van der Waals surface area contributed by atoms with Crippen molar-refractivity contribution >= 4 is 17.5 Å². The summed E-state index contributed by atoms with van der Waals surface area (Å²) in [5.41, 5.74) is 6.90. The van der Waals surface area contributed by atoms with Crippen LogP contribution in [0.1, 0.15) is 55.1 Å². The maximum Gasteiger partial charge on any atom is 0.241 e. The number of Topliss-reactive ketones (excluding diaryl/α,β-unsaturated/α-hetero) is 1. The van der Waals surface area contributed by atoms with Crippen molar-refractivity contribution < 1.29 is 14.7 Å². The highest BCUT2D eigenvalue weighted by Crippen LogP contribution is 2.17. The molecule has 1 saturated carbocycles. The third-order valence-corrected chi connectivity index (χ3v) is 4.45. The number of hydrogen-bond acceptors (Lipinski definition) is 5. The molecule has 4 N–H and O–H groups in total. The second-order valence-electron chi connectivity index (χ2n) is 6.71. The molecule has 2 aromatic rings. The number of aliphatic hydroxyl groups excluding tert-OH is 1. The zero-order valence-electron chi connectivity index (χ0n) is 15.7. The van der Waals surface area contributed by atoms with Crippen LogP contribution in [0.3, 0.4) is 0 Å². The van der Waals surface area contributed by atoms with Crippen LogP contribution in [0.15, 0.2) is 36.4 Å². The summed E-state index contributed by atoms with van der Waals surface area (Å²) in [6, 6.07) is 11.3. The van der Waals surface area contributed by atoms with Gasteiger partial charge in [-0.15, -0.1) is 0 Å². The van der Waals surface area contributed by atoms with Crippen LogP contribution in [0.5, 0.6) is 0 Å². The van der Waals surface area contributed by atoms with Gasteiger partial charge < -0.3 is 16.2 Å². The molecule has 1 aliphatic carbocycles. The number of aliphatic hydroxyl groups is 1. The standard InChI is InChI=1S/C13H20N4O2.C7H8O/c1-9(18)11-7-12(14)16-17(11)8-13(19)15-10-5-3-2-4-6-10;8-6-7-4-2-1-3-5-7/h7,10H,2-6,8H2,1H3,(H2,14,16)(H,15,19);1-5,8H,6H2. The summed E-state index contributed by atoms with van der Waals surface area (Å²) in [4.78, 5) is 23.3. The summed E-state index contributed by atoms with van der Waals surface area (Å²) < 4.78 is 1.37. The first kappa shape index (κ1) is 20.6. The number of hydrogen-bond donors (Lipinski definition) is 3. The van der Waals surface area contributed by atoms with E-state index in [1.165, 1.54) is 36.9 Å². The molecule has 0 unspecified atom stereocenters. The summed E-state index contributed by atoms with van der Waals surface area (Å²) in [5, 5.41) is 15.5. The molecule has 3 rings (SSSR count). The van der Waals surface area contributed by atoms with E-state index in [9.17, 15) is 9.59 Å². The maximum atomic E-state index is 11.9. The van der Waals surface area contributed by atoms with Gasteiger partial charge >= 0.3 is 0 Å². The van der Waals surface area contributed by atoms with E-state index in [1.54, 1.807) is 0 Å². The topological polar surface area (TPSA) is 110 Å². The molecule has 1 fully saturated rings. The number of nitrogens with one attached hydrogen (secondary N) is 1. The highest BCUT2D eigenvalue weighted by Gasteiger charge is 2.18. The number of amides is 1. The van der Waals surface area contributed by atoms with Crippen LogP contribution in [-0.2, 0) is 17.9 Å². The van der Waals surface area contributed by atoms with Gasteiger partial charge in [0.2, 0.25) is 5.91 Å². The van der Waals surface area contributed by atoms with E-state index in [0.29, 0.717) is 5.69 Å². The maximum absolute atomic E-state index is 11.9. The zero-order chi connectivity index (χ0) is 19.6. The number of rotatable bonds is 5. The van der Waals surface area contributed by atoms with Crippen LogP contribution >= 0.6 is 0 Å². The molecule has 1 amide bonds. The highest BCUT2D eigenvalue weighted by atomic mass is 16.3. The second kappa shape index (κ2) is 10.5. The summed E-state index contributed by atoms with van der Waals surface area (Å²) >= 11 is 0. The van der Waals surface area contributed by atoms with Gasteiger partial charge in [0.25, 0.3) is 0 Å². The van der Waals surface area contributed by atoms with E-state index in [4.69, 9.17) is 10.8 Å². The number of nitrogen functional groups attached to an aromatic ring is 1. The minimum absolute atomic E-state index is 0.0443. The molecular weight excluding hydrogens is 344 g/mol. The van der Waals surface area contributed by atoms with Crippen LogP contribution in [0.4, 0.5) is 5.82 Å². The number of carbonyl (C=O) groups is 2. The monoisotopic (exact) mass is 372 g/mol. The smallest absolute Gasteiger partial charge is 0.241 e. The van der Waals surface area contributed by atoms with Gasteiger partial charge in [0, 0.05) is 19.0 Å². The van der Waals surface area contributed by atoms with Crippen LogP contribution in [0, 0.1) is 0 Å². The number of nitrogens with two attached hydrogens (primary N) is 1. The molecule has 0 aliphatic heterocycles. The summed E-state index contributed by atoms with van der Waals surface area (Å²) in [5.74, 6) is 0.00262. The first-order valence-corrected chi connectivity index (χ1v) is 9.28. The molecule has 1 heterocycles. The SMILES string of the molecule is CC(=O)c1cc(N)nn1CC(=O)NC1CCCCC1.OCc1ccccc1. The van der Waals surface area contributed by atoms with Crippen LogP contribution < -0.4 is 11.1 Å². The van der Waals surface area contributed by atoms with Gasteiger partial charge in [0.15, 0.2) is 5.78 Å². The third kappa shape index (κ3) is 6.86. The van der Waals surface area contributed by atoms with Gasteiger partial charge in [0.1, 0.15) is 18.1 Å². The normalized spacial score (nSPS) is 14.1. The van der Waals surface area contributed by atoms with Crippen LogP contribution in [-0.4, -0.2) is 32.6 Å². The Morgan fingerprint density at radius 1 is 1.22 bits per heavy atom. The van der Waals surface area contributed by atoms with Crippen molar-refractivity contribution in [3.63, 3.8) is 0 Å². The molecule has 1 aliphatic rings. The Morgan fingerprint density at radius 2 is 1.89 bits per heavy atom. The molecule has 0 radical (unpaired) electrons. The van der Waals surface area contributed by atoms with E-state index in [-0.39, 0.29) is 36.7 Å². The minimum atomic E-state index is -0.144. The first-order chi connectivity index (χ1) is 13.0. The molecule has 0 atom stereocenters. The van der Waals surface area contributed by atoms with E-state index in [2.05, 4.69) is 10.4 Å². The lowest BCUT2D eigenvalue weighted by molar-refractivity contribution is -0.122. The van der Waals surface area contributed by atoms with E-state index >= 15 is 0 Å². The molecule has 1 aromatic carbocycles. The lowest BCUT2D eigenvalue weighted by Crippen LogP contribution is -2.38. The third-order valence-electron chi connectivity index (χ3n) is 4.45. The molecule has 146 valence electrons. The Hall–Kier alpha value is -2.67. The fourth-order valence-electron chi connectivity index (χ4n) is 3.08. The van der Waals surface area contributed by atoms with Crippen LogP contribution in [0.25, 0.3) is 0 Å². The van der Waals surface area contributed by atoms with Crippen molar-refractivity contribution in [2.45, 2.75) is 58.2 Å². The van der Waals surface area contributed by atoms with Crippen molar-refractivity contribution in [3.8, 4) is 0 Å². The van der Waals surface area contributed by atoms with Crippen molar-refractivity contribution in [1.29, 1.82) is 0 Å². The van der Waals surface area contributed by atoms with Crippen molar-refractivity contribution in [3.05, 3.63) is 47.7 Å². The lowest BCUT2D eigenvalue weighted by Gasteiger charge is -2.22. The molecule has 0 spiro atoms. The summed E-state index contributed by atoms with van der Waals surface area (Å²) in [6.45, 7) is 1.62. The zero-order valence-corrected chi connectivity index (χ0v) is 15.7. The number of ketones is 1. The highest BCUT2D eigenvalue weighted by molar-refractivity contribution is 5.93. The van der Waals surface area contributed by atoms with Gasteiger partial charge in [-0.1, -0.05) is 49.6 Å². The molecule has 7 nitrogen and oxygen atoms in total. The average Bonchev–Trinajstić information content (AvgIpc) is 3.04. The van der Waals surface area contributed by atoms with E-state index in [1.807, 2.05) is 30.3 Å². The number of aromatic nitrogens is 2. The summed E-state index contributed by atoms with van der Waals surface area (Å²) in [7, 11) is 0. The average molecular weight is 372 g/mol. The van der Waals surface area contributed by atoms with Gasteiger partial charge in [0.05, 0.1) is 6.61 Å². The molecule has 1 aromatic heterocycles. The lowest BCUT2D eigenvalue weighted by atomic mass is 9.95. The summed E-state index contributed by atoms with van der Waals surface area (Å²) in [6.07, 6.45) is 5.65. The largest absolute Gasteiger partial charge is 0.392 e. The van der Waals surface area contributed by atoms with Crippen molar-refractivity contribution in [2.24, 2.45) is 0 Å². The van der Waals surface area contributed by atoms with Crippen molar-refractivity contribution in [2.75, 3.05) is 5.73 Å². The number of nitrogens with zero attached hydrogens (tertiary/aromatic N) is 2. The van der Waals surface area contributed by atoms with Gasteiger partial charge in [-0.3, -0.25) is 14.3 Å². The Balaban J connectivity index is 0.000000273. The van der Waals surface area contributed by atoms with Crippen molar-refractivity contribution in [1.82, 2.24) is 15.1 Å². The Labute approximate surface area is 159 Å². The Kier molecular flexibility index (Phi) is 8.00. The van der Waals surface area contributed by atoms with Gasteiger partial charge in [-0.25, -0.2) is 0 Å². The van der Waals surface area contributed by atoms with Gasteiger partial charge in [-0.05, 0) is 18.4 Å². The molecule has 0 saturated heterocycles. The second-order valence-corrected chi connectivity index (χ2v) is 6.71. The molecule has 0 bridgehead atoms. The number of anilines is 1. The number of benzene rings is 1. The van der Waals surface area contributed by atoms with Crippen LogP contribution in [0.2, 0.25) is 0 Å². The fourth-order valence-corrected chi connectivity index (χ4v) is 3.08. The Bertz CT molecular complexity index is 737. The predicted octanol–water partition coefficient (Wildman–Crippen LogP) is 2.30. The molecular formula is C20H28N4O3. The molecule has 27 heavy (non-hydrogen) atoms.